The highest BCUT2D eigenvalue weighted by atomic mass is 16.5. The summed E-state index contributed by atoms with van der Waals surface area (Å²) in [5.41, 5.74) is 2.53. The maximum atomic E-state index is 13.0. The van der Waals surface area contributed by atoms with Crippen molar-refractivity contribution < 1.29 is 9.53 Å². The zero-order valence-corrected chi connectivity index (χ0v) is 17.6. The van der Waals surface area contributed by atoms with Crippen LogP contribution < -0.4 is 10.3 Å². The molecule has 158 valence electrons. The number of carbonyl (C=O) groups is 1. The van der Waals surface area contributed by atoms with Gasteiger partial charge in [0.1, 0.15) is 23.6 Å². The number of rotatable bonds is 6. The second-order valence-electron chi connectivity index (χ2n) is 7.30. The number of methoxy groups -OCH3 is 1. The van der Waals surface area contributed by atoms with Crippen LogP contribution in [0.3, 0.4) is 0 Å². The topological polar surface area (TPSA) is 81.7 Å². The van der Waals surface area contributed by atoms with Gasteiger partial charge in [0.15, 0.2) is 0 Å². The number of benzene rings is 2. The number of fused-ring (bicyclic) bond motifs is 1. The number of ether oxygens (including phenoxy) is 1. The first kappa shape index (κ1) is 20.3. The molecule has 0 bridgehead atoms. The lowest BCUT2D eigenvalue weighted by atomic mass is 10.1. The Morgan fingerprint density at radius 1 is 1.06 bits per heavy atom. The van der Waals surface area contributed by atoms with E-state index in [4.69, 9.17) is 4.74 Å². The van der Waals surface area contributed by atoms with E-state index in [1.807, 2.05) is 54.6 Å². The second kappa shape index (κ2) is 8.43. The van der Waals surface area contributed by atoms with Crippen LogP contribution in [0.15, 0.2) is 65.5 Å². The van der Waals surface area contributed by atoms with Gasteiger partial charge < -0.3 is 9.64 Å². The van der Waals surface area contributed by atoms with E-state index in [0.29, 0.717) is 23.6 Å². The lowest BCUT2D eigenvalue weighted by Crippen LogP contribution is -2.36. The monoisotopic (exact) mass is 417 g/mol. The van der Waals surface area contributed by atoms with E-state index in [-0.39, 0.29) is 18.0 Å². The first-order valence-corrected chi connectivity index (χ1v) is 9.86. The molecule has 0 aliphatic carbocycles. The standard InChI is InChI=1S/C23H23N5O3/c1-16-24-27(15-22(29)26(2)14-17-7-5-4-6-8-17)23(30)21-13-20(25-28(16)21)18-9-11-19(31-3)12-10-18/h4-13H,14-15H2,1-3H3. The predicted octanol–water partition coefficient (Wildman–Crippen LogP) is 2.53. The SMILES string of the molecule is COc1ccc(-c2cc3c(=O)n(CC(=O)N(C)Cc4ccccc4)nc(C)n3n2)cc1. The van der Waals surface area contributed by atoms with Crippen LogP contribution in [0.5, 0.6) is 5.75 Å². The van der Waals surface area contributed by atoms with Crippen LogP contribution in [0.1, 0.15) is 11.4 Å². The Morgan fingerprint density at radius 2 is 1.77 bits per heavy atom. The van der Waals surface area contributed by atoms with Crippen molar-refractivity contribution in [3.8, 4) is 17.0 Å². The molecule has 1 amide bonds. The summed E-state index contributed by atoms with van der Waals surface area (Å²) in [6.45, 7) is 2.08. The molecule has 8 heteroatoms. The number of aromatic nitrogens is 4. The number of hydrogen-bond acceptors (Lipinski definition) is 5. The molecule has 0 atom stereocenters. The number of nitrogens with zero attached hydrogens (tertiary/aromatic N) is 5. The minimum Gasteiger partial charge on any atom is -0.497 e. The van der Waals surface area contributed by atoms with E-state index in [1.54, 1.807) is 32.0 Å². The van der Waals surface area contributed by atoms with E-state index >= 15 is 0 Å². The maximum Gasteiger partial charge on any atom is 0.293 e. The highest BCUT2D eigenvalue weighted by Gasteiger charge is 2.17. The number of likely N-dealkylation sites (N-methyl/N-ethyl adjacent to an activating group) is 1. The second-order valence-corrected chi connectivity index (χ2v) is 7.30. The Kier molecular flexibility index (Phi) is 5.53. The Bertz CT molecular complexity index is 1280. The molecule has 8 nitrogen and oxygen atoms in total. The summed E-state index contributed by atoms with van der Waals surface area (Å²) in [6.07, 6.45) is 0. The summed E-state index contributed by atoms with van der Waals surface area (Å²) in [5, 5.41) is 8.82. The molecular weight excluding hydrogens is 394 g/mol. The Labute approximate surface area is 179 Å². The highest BCUT2D eigenvalue weighted by molar-refractivity contribution is 5.75. The molecule has 2 aromatic heterocycles. The smallest absolute Gasteiger partial charge is 0.293 e. The number of carbonyl (C=O) groups excluding carboxylic acids is 1. The minimum atomic E-state index is -0.362. The van der Waals surface area contributed by atoms with Gasteiger partial charge in [-0.05, 0) is 42.8 Å². The molecule has 0 fully saturated rings. The summed E-state index contributed by atoms with van der Waals surface area (Å²) in [5.74, 6) is 1.07. The molecular formula is C23H23N5O3. The van der Waals surface area contributed by atoms with Gasteiger partial charge in [-0.25, -0.2) is 9.20 Å². The van der Waals surface area contributed by atoms with Gasteiger partial charge in [-0.1, -0.05) is 30.3 Å². The fourth-order valence-corrected chi connectivity index (χ4v) is 3.38. The minimum absolute atomic E-state index is 0.136. The summed E-state index contributed by atoms with van der Waals surface area (Å²) in [6, 6.07) is 18.8. The summed E-state index contributed by atoms with van der Waals surface area (Å²) >= 11 is 0. The highest BCUT2D eigenvalue weighted by Crippen LogP contribution is 2.22. The van der Waals surface area contributed by atoms with E-state index in [1.165, 1.54) is 9.20 Å². The Hall–Kier alpha value is -3.94. The molecule has 0 radical (unpaired) electrons. The van der Waals surface area contributed by atoms with Crippen molar-refractivity contribution in [3.63, 3.8) is 0 Å². The molecule has 31 heavy (non-hydrogen) atoms. The summed E-state index contributed by atoms with van der Waals surface area (Å²) < 4.78 is 7.90. The third-order valence-electron chi connectivity index (χ3n) is 5.09. The molecule has 0 aliphatic heterocycles. The van der Waals surface area contributed by atoms with Crippen LogP contribution >= 0.6 is 0 Å². The van der Waals surface area contributed by atoms with Crippen LogP contribution in [-0.2, 0) is 17.9 Å². The maximum absolute atomic E-state index is 13.0. The zero-order chi connectivity index (χ0) is 22.0. The third-order valence-corrected chi connectivity index (χ3v) is 5.09. The van der Waals surface area contributed by atoms with Crippen molar-refractivity contribution >= 4 is 11.4 Å². The van der Waals surface area contributed by atoms with Crippen molar-refractivity contribution in [1.82, 2.24) is 24.3 Å². The van der Waals surface area contributed by atoms with Crippen LogP contribution in [-0.4, -0.2) is 44.4 Å². The lowest BCUT2D eigenvalue weighted by Gasteiger charge is -2.17. The average molecular weight is 417 g/mol. The first-order valence-electron chi connectivity index (χ1n) is 9.86. The number of hydrogen-bond donors (Lipinski definition) is 0. The normalized spacial score (nSPS) is 10.9. The molecule has 4 aromatic rings. The molecule has 2 heterocycles. The molecule has 0 N–H and O–H groups in total. The van der Waals surface area contributed by atoms with Crippen LogP contribution in [0.4, 0.5) is 0 Å². The fourth-order valence-electron chi connectivity index (χ4n) is 3.38. The molecule has 0 aliphatic rings. The molecule has 2 aromatic carbocycles. The van der Waals surface area contributed by atoms with E-state index in [0.717, 1.165) is 16.9 Å². The summed E-state index contributed by atoms with van der Waals surface area (Å²) in [4.78, 5) is 27.3. The van der Waals surface area contributed by atoms with Gasteiger partial charge in [-0.15, -0.1) is 0 Å². The van der Waals surface area contributed by atoms with Crippen LogP contribution in [0.25, 0.3) is 16.8 Å². The number of aryl methyl sites for hydroxylation is 1. The van der Waals surface area contributed by atoms with Crippen molar-refractivity contribution in [1.29, 1.82) is 0 Å². The van der Waals surface area contributed by atoms with Crippen LogP contribution in [0, 0.1) is 6.92 Å². The van der Waals surface area contributed by atoms with Gasteiger partial charge in [0.2, 0.25) is 5.91 Å². The quantitative estimate of drug-likeness (QED) is 0.482. The average Bonchev–Trinajstić information content (AvgIpc) is 3.24. The van der Waals surface area contributed by atoms with Gasteiger partial charge in [0.05, 0.1) is 12.8 Å². The predicted molar refractivity (Wildman–Crippen MR) is 117 cm³/mol. The largest absolute Gasteiger partial charge is 0.497 e. The van der Waals surface area contributed by atoms with E-state index in [2.05, 4.69) is 10.2 Å². The van der Waals surface area contributed by atoms with Crippen molar-refractivity contribution in [2.24, 2.45) is 0 Å². The van der Waals surface area contributed by atoms with Crippen LogP contribution in [0.2, 0.25) is 0 Å². The third kappa shape index (κ3) is 4.18. The van der Waals surface area contributed by atoms with Crippen molar-refractivity contribution in [2.75, 3.05) is 14.2 Å². The lowest BCUT2D eigenvalue weighted by molar-refractivity contribution is -0.131. The molecule has 0 saturated heterocycles. The van der Waals surface area contributed by atoms with Gasteiger partial charge >= 0.3 is 0 Å². The van der Waals surface area contributed by atoms with E-state index < -0.39 is 0 Å². The van der Waals surface area contributed by atoms with Gasteiger partial charge in [-0.3, -0.25) is 9.59 Å². The zero-order valence-electron chi connectivity index (χ0n) is 17.6. The Balaban J connectivity index is 1.60. The molecule has 0 spiro atoms. The Morgan fingerprint density at radius 3 is 2.45 bits per heavy atom. The van der Waals surface area contributed by atoms with Gasteiger partial charge in [-0.2, -0.15) is 10.2 Å². The first-order chi connectivity index (χ1) is 15.0. The summed E-state index contributed by atoms with van der Waals surface area (Å²) in [7, 11) is 3.32. The fraction of sp³-hybridized carbons (Fsp3) is 0.217. The van der Waals surface area contributed by atoms with E-state index in [9.17, 15) is 9.59 Å². The van der Waals surface area contributed by atoms with Gasteiger partial charge in [0, 0.05) is 19.2 Å². The number of amides is 1. The molecule has 4 rings (SSSR count). The van der Waals surface area contributed by atoms with Crippen molar-refractivity contribution in [3.05, 3.63) is 82.4 Å². The van der Waals surface area contributed by atoms with Gasteiger partial charge in [0.25, 0.3) is 5.56 Å². The molecule has 0 saturated carbocycles. The molecule has 0 unspecified atom stereocenters. The van der Waals surface area contributed by atoms with Crippen molar-refractivity contribution in [2.45, 2.75) is 20.0 Å².